The van der Waals surface area contributed by atoms with Gasteiger partial charge < -0.3 is 10.2 Å². The minimum absolute atomic E-state index is 0.0894. The number of hydrogen-bond acceptors (Lipinski definition) is 5. The summed E-state index contributed by atoms with van der Waals surface area (Å²) in [5.74, 6) is -0.482. The molecule has 2 heterocycles. The molecule has 3 rings (SSSR count). The number of fused-ring (bicyclic) bond motifs is 1. The number of nitriles is 1. The van der Waals surface area contributed by atoms with Crippen LogP contribution in [-0.2, 0) is 0 Å². The Morgan fingerprint density at radius 1 is 1.32 bits per heavy atom. The van der Waals surface area contributed by atoms with Crippen LogP contribution in [-0.4, -0.2) is 9.97 Å². The van der Waals surface area contributed by atoms with Gasteiger partial charge in [-0.3, -0.25) is 0 Å². The fraction of sp³-hybridized carbons (Fsp3) is 0. The Kier molecular flexibility index (Phi) is 2.39. The number of rotatable bonds is 1. The van der Waals surface area contributed by atoms with Crippen LogP contribution in [0.5, 0.6) is 0 Å². The zero-order chi connectivity index (χ0) is 13.4. The van der Waals surface area contributed by atoms with Crippen LogP contribution in [0.15, 0.2) is 35.1 Å². The van der Waals surface area contributed by atoms with Crippen LogP contribution in [0.2, 0.25) is 0 Å². The van der Waals surface area contributed by atoms with E-state index in [9.17, 15) is 9.65 Å². The minimum Gasteiger partial charge on any atom is -0.425 e. The first-order chi connectivity index (χ1) is 9.22. The van der Waals surface area contributed by atoms with Crippen LogP contribution >= 0.6 is 0 Å². The van der Waals surface area contributed by atoms with Gasteiger partial charge in [0.2, 0.25) is 5.71 Å². The van der Waals surface area contributed by atoms with Gasteiger partial charge in [0.05, 0.1) is 11.4 Å². The van der Waals surface area contributed by atoms with Gasteiger partial charge in [0.1, 0.15) is 17.4 Å². The highest BCUT2D eigenvalue weighted by Crippen LogP contribution is 2.31. The quantitative estimate of drug-likeness (QED) is 0.720. The fourth-order valence-corrected chi connectivity index (χ4v) is 1.87. The number of aromatic nitrogens is 2. The first-order valence-corrected chi connectivity index (χ1v) is 5.40. The molecular formula is C13H7FN4O. The molecule has 92 valence electrons. The summed E-state index contributed by atoms with van der Waals surface area (Å²) >= 11 is 0. The minimum atomic E-state index is -0.482. The molecule has 1 aromatic carbocycles. The van der Waals surface area contributed by atoms with Crippen molar-refractivity contribution < 1.29 is 8.81 Å². The van der Waals surface area contributed by atoms with E-state index in [4.69, 9.17) is 10.2 Å². The van der Waals surface area contributed by atoms with Crippen molar-refractivity contribution in [3.05, 3.63) is 42.0 Å². The zero-order valence-electron chi connectivity index (χ0n) is 9.59. The normalized spacial score (nSPS) is 10.5. The van der Waals surface area contributed by atoms with Gasteiger partial charge in [0.15, 0.2) is 11.9 Å². The maximum atomic E-state index is 13.8. The van der Waals surface area contributed by atoms with E-state index < -0.39 is 5.82 Å². The highest BCUT2D eigenvalue weighted by Gasteiger charge is 2.18. The Morgan fingerprint density at radius 2 is 2.11 bits per heavy atom. The second-order valence-electron chi connectivity index (χ2n) is 3.85. The molecule has 5 nitrogen and oxygen atoms in total. The third kappa shape index (κ3) is 1.60. The maximum Gasteiger partial charge on any atom is 0.249 e. The van der Waals surface area contributed by atoms with E-state index in [2.05, 4.69) is 9.97 Å². The molecule has 0 unspecified atom stereocenters. The summed E-state index contributed by atoms with van der Waals surface area (Å²) < 4.78 is 18.9. The van der Waals surface area contributed by atoms with Crippen LogP contribution in [0.1, 0.15) is 5.56 Å². The molecule has 0 aliphatic rings. The van der Waals surface area contributed by atoms with E-state index in [0.717, 1.165) is 0 Å². The van der Waals surface area contributed by atoms with E-state index in [1.54, 1.807) is 12.1 Å². The molecule has 0 aliphatic carbocycles. The van der Waals surface area contributed by atoms with Gasteiger partial charge in [-0.25, -0.2) is 14.4 Å². The predicted molar refractivity (Wildman–Crippen MR) is 66.3 cm³/mol. The monoisotopic (exact) mass is 254 g/mol. The van der Waals surface area contributed by atoms with Crippen molar-refractivity contribution in [2.24, 2.45) is 0 Å². The molecule has 0 spiro atoms. The van der Waals surface area contributed by atoms with Crippen LogP contribution in [0.4, 0.5) is 10.1 Å². The average molecular weight is 254 g/mol. The van der Waals surface area contributed by atoms with Gasteiger partial charge in [0, 0.05) is 5.56 Å². The summed E-state index contributed by atoms with van der Waals surface area (Å²) in [6, 6.07) is 7.97. The molecule has 0 radical (unpaired) electrons. The summed E-state index contributed by atoms with van der Waals surface area (Å²) in [6.07, 6.45) is 1.18. The van der Waals surface area contributed by atoms with Crippen molar-refractivity contribution in [2.75, 3.05) is 5.73 Å². The van der Waals surface area contributed by atoms with E-state index in [1.165, 1.54) is 18.5 Å². The zero-order valence-corrected chi connectivity index (χ0v) is 9.59. The molecule has 0 aliphatic heterocycles. The van der Waals surface area contributed by atoms with Gasteiger partial charge >= 0.3 is 0 Å². The summed E-state index contributed by atoms with van der Waals surface area (Å²) in [7, 11) is 0. The molecule has 3 aromatic rings. The van der Waals surface area contributed by atoms with Crippen molar-refractivity contribution >= 4 is 16.9 Å². The topological polar surface area (TPSA) is 88.7 Å². The number of anilines is 1. The molecule has 0 atom stereocenters. The third-order valence-electron chi connectivity index (χ3n) is 2.76. The summed E-state index contributed by atoms with van der Waals surface area (Å²) in [5, 5.41) is 9.20. The lowest BCUT2D eigenvalue weighted by Gasteiger charge is -2.06. The second kappa shape index (κ2) is 4.07. The van der Waals surface area contributed by atoms with E-state index in [-0.39, 0.29) is 28.2 Å². The Hall–Kier alpha value is -2.94. The number of oxazole rings is 1. The standard InChI is InChI=1S/C13H7FN4O/c14-9-4-2-1-3-7(9)11-8(5-15)10(16)12-13(18-11)19-6-17-12/h1-4,6H,(H2,16,18). The lowest BCUT2D eigenvalue weighted by Crippen LogP contribution is -1.99. The lowest BCUT2D eigenvalue weighted by atomic mass is 10.0. The van der Waals surface area contributed by atoms with Gasteiger partial charge in [-0.05, 0) is 12.1 Å². The first-order valence-electron chi connectivity index (χ1n) is 5.40. The van der Waals surface area contributed by atoms with Crippen molar-refractivity contribution in [3.8, 4) is 17.3 Å². The highest BCUT2D eigenvalue weighted by molar-refractivity contribution is 5.91. The smallest absolute Gasteiger partial charge is 0.249 e. The molecule has 0 bridgehead atoms. The first kappa shape index (κ1) is 11.2. The summed E-state index contributed by atoms with van der Waals surface area (Å²) in [4.78, 5) is 8.01. The Balaban J connectivity index is 2.41. The molecule has 0 saturated carbocycles. The lowest BCUT2D eigenvalue weighted by molar-refractivity contribution is 0.590. The van der Waals surface area contributed by atoms with Gasteiger partial charge in [-0.15, -0.1) is 0 Å². The molecule has 2 N–H and O–H groups in total. The van der Waals surface area contributed by atoms with E-state index >= 15 is 0 Å². The molecule has 6 heteroatoms. The molecule has 0 saturated heterocycles. The molecular weight excluding hydrogens is 247 g/mol. The maximum absolute atomic E-state index is 13.8. The van der Waals surface area contributed by atoms with Crippen molar-refractivity contribution in [1.29, 1.82) is 5.26 Å². The molecule has 0 amide bonds. The van der Waals surface area contributed by atoms with Gasteiger partial charge in [0.25, 0.3) is 0 Å². The largest absolute Gasteiger partial charge is 0.425 e. The van der Waals surface area contributed by atoms with Crippen LogP contribution < -0.4 is 5.73 Å². The van der Waals surface area contributed by atoms with Crippen LogP contribution in [0.25, 0.3) is 22.5 Å². The fourth-order valence-electron chi connectivity index (χ4n) is 1.87. The number of nitrogen functional groups attached to an aromatic ring is 1. The third-order valence-corrected chi connectivity index (χ3v) is 2.76. The van der Waals surface area contributed by atoms with Gasteiger partial charge in [-0.2, -0.15) is 5.26 Å². The second-order valence-corrected chi connectivity index (χ2v) is 3.85. The number of benzene rings is 1. The number of nitrogens with zero attached hydrogens (tertiary/aromatic N) is 3. The molecule has 0 fully saturated rings. The summed E-state index contributed by atoms with van der Waals surface area (Å²) in [6.45, 7) is 0. The number of halogens is 1. The van der Waals surface area contributed by atoms with Crippen LogP contribution in [0.3, 0.4) is 0 Å². The average Bonchev–Trinajstić information content (AvgIpc) is 2.88. The molecule has 19 heavy (non-hydrogen) atoms. The highest BCUT2D eigenvalue weighted by atomic mass is 19.1. The van der Waals surface area contributed by atoms with E-state index in [1.807, 2.05) is 6.07 Å². The van der Waals surface area contributed by atoms with Gasteiger partial charge in [-0.1, -0.05) is 12.1 Å². The predicted octanol–water partition coefficient (Wildman–Crippen LogP) is 2.48. The molecule has 2 aromatic heterocycles. The number of hydrogen-bond donors (Lipinski definition) is 1. The Morgan fingerprint density at radius 3 is 2.84 bits per heavy atom. The number of pyridine rings is 1. The van der Waals surface area contributed by atoms with E-state index in [0.29, 0.717) is 5.52 Å². The Bertz CT molecular complexity index is 819. The SMILES string of the molecule is N#Cc1c(-c2ccccc2F)nc2ocnc2c1N. The van der Waals surface area contributed by atoms with Crippen LogP contribution in [0, 0.1) is 17.1 Å². The summed E-state index contributed by atoms with van der Waals surface area (Å²) in [5.41, 5.74) is 6.91. The van der Waals surface area contributed by atoms with Crippen molar-refractivity contribution in [1.82, 2.24) is 9.97 Å². The Labute approximate surface area is 107 Å². The van der Waals surface area contributed by atoms with Crippen molar-refractivity contribution in [2.45, 2.75) is 0 Å². The van der Waals surface area contributed by atoms with Crippen molar-refractivity contribution in [3.63, 3.8) is 0 Å². The number of nitrogens with two attached hydrogens (primary N) is 1.